The molecule has 4 nitrogen and oxygen atoms in total. The van der Waals surface area contributed by atoms with E-state index in [2.05, 4.69) is 70.5 Å². The molecule has 10 heteroatoms. The van der Waals surface area contributed by atoms with E-state index in [4.69, 9.17) is 0 Å². The summed E-state index contributed by atoms with van der Waals surface area (Å²) in [6.07, 6.45) is 0. The van der Waals surface area contributed by atoms with Crippen molar-refractivity contribution in [3.05, 3.63) is 302 Å². The topological polar surface area (TPSA) is 16.3 Å². The first-order valence-corrected chi connectivity index (χ1v) is 26.6. The molecular formula is C72H44F6N4. The fraction of sp³-hybridized carbons (Fsp3) is 0. The number of fused-ring (bicyclic) bond motifs is 6. The van der Waals surface area contributed by atoms with Gasteiger partial charge in [0.15, 0.2) is 23.3 Å². The van der Waals surface area contributed by atoms with Gasteiger partial charge in [-0.2, -0.15) is 0 Å². The summed E-state index contributed by atoms with van der Waals surface area (Å²) < 4.78 is 89.7. The predicted octanol–water partition coefficient (Wildman–Crippen LogP) is 20.7. The molecule has 0 saturated heterocycles. The van der Waals surface area contributed by atoms with Crippen molar-refractivity contribution in [3.8, 4) is 44.8 Å². The van der Waals surface area contributed by atoms with Crippen LogP contribution in [0.1, 0.15) is 0 Å². The summed E-state index contributed by atoms with van der Waals surface area (Å²) in [4.78, 5) is 4.35. The van der Waals surface area contributed by atoms with Crippen LogP contribution in [-0.2, 0) is 0 Å². The second-order valence-corrected chi connectivity index (χ2v) is 20.2. The van der Waals surface area contributed by atoms with Crippen LogP contribution in [0.2, 0.25) is 0 Å². The van der Waals surface area contributed by atoms with E-state index >= 15 is 0 Å². The van der Waals surface area contributed by atoms with Gasteiger partial charge in [0.05, 0.1) is 22.1 Å². The quantitative estimate of drug-likeness (QED) is 0.120. The molecule has 0 saturated carbocycles. The first-order chi connectivity index (χ1) is 40.1. The van der Waals surface area contributed by atoms with Crippen LogP contribution in [0.5, 0.6) is 0 Å². The molecule has 0 fully saturated rings. The molecule has 0 bridgehead atoms. The molecule has 0 N–H and O–H groups in total. The summed E-state index contributed by atoms with van der Waals surface area (Å²) in [5.74, 6) is -4.29. The van der Waals surface area contributed by atoms with Crippen molar-refractivity contribution in [2.75, 3.05) is 9.80 Å². The van der Waals surface area contributed by atoms with Gasteiger partial charge in [-0.25, -0.2) is 26.3 Å². The maximum Gasteiger partial charge on any atom is 0.160 e. The van der Waals surface area contributed by atoms with Crippen LogP contribution < -0.4 is 9.80 Å². The molecule has 12 aromatic carbocycles. The highest BCUT2D eigenvalue weighted by molar-refractivity contribution is 6.12. The third kappa shape index (κ3) is 8.87. The summed E-state index contributed by atoms with van der Waals surface area (Å²) in [6.45, 7) is 0. The Kier molecular flexibility index (Phi) is 12.3. The number of anilines is 6. The highest BCUT2D eigenvalue weighted by Crippen LogP contribution is 2.44. The van der Waals surface area contributed by atoms with Crippen molar-refractivity contribution in [1.82, 2.24) is 9.13 Å². The average molecular weight is 1080 g/mol. The van der Waals surface area contributed by atoms with Gasteiger partial charge in [0, 0.05) is 79.2 Å². The minimum Gasteiger partial charge on any atom is -0.310 e. The zero-order valence-corrected chi connectivity index (χ0v) is 43.5. The Bertz CT molecular complexity index is 4420. The summed E-state index contributed by atoms with van der Waals surface area (Å²) >= 11 is 0. The van der Waals surface area contributed by atoms with E-state index in [0.717, 1.165) is 123 Å². The van der Waals surface area contributed by atoms with Crippen molar-refractivity contribution >= 4 is 77.7 Å². The summed E-state index contributed by atoms with van der Waals surface area (Å²) in [7, 11) is 0. The van der Waals surface area contributed by atoms with E-state index in [9.17, 15) is 26.3 Å². The van der Waals surface area contributed by atoms with Crippen LogP contribution in [0.3, 0.4) is 0 Å². The van der Waals surface area contributed by atoms with E-state index in [0.29, 0.717) is 11.4 Å². The van der Waals surface area contributed by atoms with Crippen LogP contribution in [-0.4, -0.2) is 9.13 Å². The first kappa shape index (κ1) is 49.7. The molecule has 394 valence electrons. The van der Waals surface area contributed by atoms with E-state index in [1.165, 1.54) is 36.4 Å². The van der Waals surface area contributed by atoms with Gasteiger partial charge in [-0.3, -0.25) is 0 Å². The number of benzene rings is 12. The first-order valence-electron chi connectivity index (χ1n) is 26.6. The summed E-state index contributed by atoms with van der Waals surface area (Å²) in [5.41, 5.74) is 15.2. The second-order valence-electron chi connectivity index (χ2n) is 20.2. The minimum absolute atomic E-state index is 0.305. The van der Waals surface area contributed by atoms with Crippen molar-refractivity contribution < 1.29 is 26.3 Å². The van der Waals surface area contributed by atoms with E-state index in [1.807, 2.05) is 130 Å². The molecule has 0 amide bonds. The molecular weight excluding hydrogens is 1030 g/mol. The molecule has 82 heavy (non-hydrogen) atoms. The number of rotatable bonds is 11. The number of para-hydroxylation sites is 2. The van der Waals surface area contributed by atoms with Gasteiger partial charge in [0.25, 0.3) is 0 Å². The zero-order valence-electron chi connectivity index (χ0n) is 43.5. The third-order valence-corrected chi connectivity index (χ3v) is 15.3. The fourth-order valence-electron chi connectivity index (χ4n) is 11.4. The highest BCUT2D eigenvalue weighted by atomic mass is 19.2. The van der Waals surface area contributed by atoms with Crippen LogP contribution in [0.25, 0.3) is 88.4 Å². The molecule has 0 unspecified atom stereocenters. The third-order valence-electron chi connectivity index (χ3n) is 15.3. The number of hydrogen-bond acceptors (Lipinski definition) is 2. The van der Waals surface area contributed by atoms with Crippen LogP contribution >= 0.6 is 0 Å². The Morgan fingerprint density at radius 1 is 0.220 bits per heavy atom. The molecule has 14 rings (SSSR count). The Morgan fingerprint density at radius 2 is 0.500 bits per heavy atom. The SMILES string of the molecule is Fc1ccc(-c2ccc(N(c3ccc(-c4ccc(N(c5ccc(-c6ccc(F)cc6)cc5)c5ccc6c(c5)c5ccccc5n6-c5ccc(F)c(F)c5)cc4)cc3)c3ccc4c(c3)c3ccccc3n4-c3ccc(F)c(F)c3)cc2)cc1. The van der Waals surface area contributed by atoms with Crippen molar-refractivity contribution in [3.63, 3.8) is 0 Å². The predicted molar refractivity (Wildman–Crippen MR) is 321 cm³/mol. The monoisotopic (exact) mass is 1080 g/mol. The summed E-state index contributed by atoms with van der Waals surface area (Å²) in [5, 5.41) is 3.74. The van der Waals surface area contributed by atoms with Gasteiger partial charge < -0.3 is 18.9 Å². The molecule has 0 aliphatic carbocycles. The molecule has 2 heterocycles. The largest absolute Gasteiger partial charge is 0.310 e. The Balaban J connectivity index is 0.844. The molecule has 0 aliphatic heterocycles. The number of hydrogen-bond donors (Lipinski definition) is 0. The molecule has 0 aliphatic rings. The standard InChI is InChI=1S/C72H44F6N4/c73-51-21-9-45(10-22-51)47-13-25-53(26-14-47)79(57-35-39-71-63(41-57)61-5-1-3-7-69(61)81(71)59-33-37-65(75)67(77)43-59)55-29-17-49(18-30-55)50-19-31-56(32-20-50)80(54-27-15-48(16-28-54)46-11-23-52(74)24-12-46)58-36-40-72-64(42-58)62-6-2-4-8-70(62)82(72)60-34-38-66(76)68(78)44-60/h1-44H. The molecule has 2 aromatic heterocycles. The Morgan fingerprint density at radius 3 is 0.817 bits per heavy atom. The van der Waals surface area contributed by atoms with Crippen LogP contribution in [0.4, 0.5) is 60.5 Å². The van der Waals surface area contributed by atoms with Crippen LogP contribution in [0, 0.1) is 34.9 Å². The maximum absolute atomic E-state index is 14.8. The average Bonchev–Trinajstić information content (AvgIpc) is 2.80. The van der Waals surface area contributed by atoms with E-state index in [-0.39, 0.29) is 11.6 Å². The molecule has 0 spiro atoms. The lowest BCUT2D eigenvalue weighted by molar-refractivity contribution is 0.508. The zero-order chi connectivity index (χ0) is 55.6. The minimum atomic E-state index is -0.927. The highest BCUT2D eigenvalue weighted by Gasteiger charge is 2.22. The van der Waals surface area contributed by atoms with E-state index < -0.39 is 23.3 Å². The molecule has 14 aromatic rings. The smallest absolute Gasteiger partial charge is 0.160 e. The second kappa shape index (κ2) is 20.3. The lowest BCUT2D eigenvalue weighted by Crippen LogP contribution is -2.10. The Hall–Kier alpha value is -10.6. The Labute approximate surface area is 467 Å². The maximum atomic E-state index is 14.8. The number of nitrogens with zero attached hydrogens (tertiary/aromatic N) is 4. The van der Waals surface area contributed by atoms with Crippen molar-refractivity contribution in [2.45, 2.75) is 0 Å². The van der Waals surface area contributed by atoms with Gasteiger partial charge >= 0.3 is 0 Å². The fourth-order valence-corrected chi connectivity index (χ4v) is 11.4. The van der Waals surface area contributed by atoms with Gasteiger partial charge in [-0.05, 0) is 179 Å². The van der Waals surface area contributed by atoms with E-state index in [1.54, 1.807) is 36.4 Å². The van der Waals surface area contributed by atoms with Gasteiger partial charge in [0.2, 0.25) is 0 Å². The molecule has 0 atom stereocenters. The number of halogens is 6. The number of aromatic nitrogens is 2. The lowest BCUT2D eigenvalue weighted by Gasteiger charge is -2.27. The normalized spacial score (nSPS) is 11.5. The lowest BCUT2D eigenvalue weighted by atomic mass is 10.0. The van der Waals surface area contributed by atoms with Gasteiger partial charge in [-0.1, -0.05) is 109 Å². The van der Waals surface area contributed by atoms with Crippen LogP contribution in [0.15, 0.2) is 267 Å². The van der Waals surface area contributed by atoms with Gasteiger partial charge in [0.1, 0.15) is 11.6 Å². The molecule has 0 radical (unpaired) electrons. The van der Waals surface area contributed by atoms with Crippen molar-refractivity contribution in [1.29, 1.82) is 0 Å². The van der Waals surface area contributed by atoms with Crippen molar-refractivity contribution in [2.24, 2.45) is 0 Å². The van der Waals surface area contributed by atoms with Gasteiger partial charge in [-0.15, -0.1) is 0 Å². The summed E-state index contributed by atoms with van der Waals surface area (Å²) in [6, 6.07) is 81.9.